The first-order chi connectivity index (χ1) is 15.7. The van der Waals surface area contributed by atoms with Crippen molar-refractivity contribution in [2.75, 3.05) is 38.1 Å². The molecule has 0 saturated carbocycles. The van der Waals surface area contributed by atoms with Crippen LogP contribution in [0.3, 0.4) is 0 Å². The van der Waals surface area contributed by atoms with Gasteiger partial charge in [0.2, 0.25) is 0 Å². The van der Waals surface area contributed by atoms with Gasteiger partial charge in [-0.05, 0) is 49.4 Å². The molecule has 1 N–H and O–H groups in total. The van der Waals surface area contributed by atoms with E-state index < -0.39 is 0 Å². The van der Waals surface area contributed by atoms with E-state index in [9.17, 15) is 9.59 Å². The fourth-order valence-corrected chi connectivity index (χ4v) is 6.03. The van der Waals surface area contributed by atoms with Crippen molar-refractivity contribution in [3.8, 4) is 0 Å². The predicted molar refractivity (Wildman–Crippen MR) is 127 cm³/mol. The molecule has 1 unspecified atom stereocenters. The van der Waals surface area contributed by atoms with E-state index in [-0.39, 0.29) is 17.7 Å². The summed E-state index contributed by atoms with van der Waals surface area (Å²) >= 11 is 1.43. The van der Waals surface area contributed by atoms with Crippen molar-refractivity contribution in [3.63, 3.8) is 0 Å². The van der Waals surface area contributed by atoms with E-state index >= 15 is 0 Å². The summed E-state index contributed by atoms with van der Waals surface area (Å²) in [4.78, 5) is 40.6. The van der Waals surface area contributed by atoms with Gasteiger partial charge in [-0.15, -0.1) is 11.3 Å². The molecule has 3 aromatic heterocycles. The van der Waals surface area contributed by atoms with E-state index in [0.29, 0.717) is 23.5 Å². The van der Waals surface area contributed by atoms with Gasteiger partial charge in [-0.3, -0.25) is 9.59 Å². The molecule has 0 radical (unpaired) electrons. The number of carbonyl (C=O) groups excluding carboxylic acids is 2. The minimum atomic E-state index is -0.0897. The van der Waals surface area contributed by atoms with Crippen molar-refractivity contribution in [1.29, 1.82) is 0 Å². The molecular formula is C24H27N5O2S. The second-order valence-electron chi connectivity index (χ2n) is 8.47. The fourth-order valence-electron chi connectivity index (χ4n) is 4.85. The first-order valence-corrected chi connectivity index (χ1v) is 12.1. The molecule has 32 heavy (non-hydrogen) atoms. The van der Waals surface area contributed by atoms with Crippen molar-refractivity contribution in [2.45, 2.75) is 31.6 Å². The molecule has 0 spiro atoms. The van der Waals surface area contributed by atoms with E-state index in [0.717, 1.165) is 41.1 Å². The van der Waals surface area contributed by atoms with Crippen molar-refractivity contribution >= 4 is 39.2 Å². The summed E-state index contributed by atoms with van der Waals surface area (Å²) in [5, 5.41) is 3.77. The van der Waals surface area contributed by atoms with Crippen LogP contribution in [-0.2, 0) is 0 Å². The van der Waals surface area contributed by atoms with Gasteiger partial charge in [-0.1, -0.05) is 6.07 Å². The number of carbonyl (C=O) groups is 2. The normalized spacial score (nSPS) is 18.8. The SMILES string of the molecule is CNC(=O)c1sc2ncccc2c1C1CCN(C(=O)c2ccnc(N3CCCCC3)c2)C1. The number of fused-ring (bicyclic) bond motifs is 1. The quantitative estimate of drug-likeness (QED) is 0.658. The van der Waals surface area contributed by atoms with Crippen LogP contribution in [0.5, 0.6) is 0 Å². The molecule has 2 aliphatic rings. The van der Waals surface area contributed by atoms with Gasteiger partial charge in [-0.25, -0.2) is 9.97 Å². The Labute approximate surface area is 191 Å². The number of pyridine rings is 2. The third-order valence-corrected chi connectivity index (χ3v) is 7.62. The number of piperidine rings is 1. The number of thiophene rings is 1. The Hall–Kier alpha value is -3.00. The van der Waals surface area contributed by atoms with E-state index in [2.05, 4.69) is 20.2 Å². The Kier molecular flexibility index (Phi) is 5.78. The highest BCUT2D eigenvalue weighted by Crippen LogP contribution is 2.39. The molecule has 5 heterocycles. The topological polar surface area (TPSA) is 78.4 Å². The summed E-state index contributed by atoms with van der Waals surface area (Å²) in [5.41, 5.74) is 1.71. The Balaban J connectivity index is 1.38. The molecule has 1 atom stereocenters. The first kappa shape index (κ1) is 20.9. The lowest BCUT2D eigenvalue weighted by atomic mass is 9.95. The molecule has 2 saturated heterocycles. The standard InChI is InChI=1S/C24H27N5O2S/c1-25-22(30)21-20(18-6-5-9-27-23(18)32-21)17-8-13-29(15-17)24(31)16-7-10-26-19(14-16)28-11-3-2-4-12-28/h5-7,9-10,14,17H,2-4,8,11-13,15H2,1H3,(H,25,30). The number of anilines is 1. The maximum Gasteiger partial charge on any atom is 0.261 e. The zero-order valence-corrected chi connectivity index (χ0v) is 19.0. The van der Waals surface area contributed by atoms with Crippen LogP contribution < -0.4 is 10.2 Å². The molecule has 7 nitrogen and oxygen atoms in total. The minimum Gasteiger partial charge on any atom is -0.357 e. The lowest BCUT2D eigenvalue weighted by Crippen LogP contribution is -2.31. The van der Waals surface area contributed by atoms with Crippen LogP contribution in [0.15, 0.2) is 36.7 Å². The Bertz CT molecular complexity index is 1150. The van der Waals surface area contributed by atoms with E-state index in [4.69, 9.17) is 0 Å². The predicted octanol–water partition coefficient (Wildman–Crippen LogP) is 3.67. The highest BCUT2D eigenvalue weighted by molar-refractivity contribution is 7.20. The van der Waals surface area contributed by atoms with Crippen molar-refractivity contribution in [3.05, 3.63) is 52.7 Å². The molecule has 5 rings (SSSR count). The second kappa shape index (κ2) is 8.86. The Morgan fingerprint density at radius 2 is 1.94 bits per heavy atom. The number of hydrogen-bond acceptors (Lipinski definition) is 6. The number of rotatable bonds is 4. The monoisotopic (exact) mass is 449 g/mol. The summed E-state index contributed by atoms with van der Waals surface area (Å²) in [7, 11) is 1.65. The van der Waals surface area contributed by atoms with Gasteiger partial charge >= 0.3 is 0 Å². The van der Waals surface area contributed by atoms with E-state index in [1.54, 1.807) is 19.4 Å². The highest BCUT2D eigenvalue weighted by Gasteiger charge is 2.33. The van der Waals surface area contributed by atoms with Gasteiger partial charge in [0.1, 0.15) is 10.6 Å². The van der Waals surface area contributed by atoms with Gasteiger partial charge < -0.3 is 15.1 Å². The molecule has 0 aliphatic carbocycles. The molecule has 166 valence electrons. The van der Waals surface area contributed by atoms with Gasteiger partial charge in [0.25, 0.3) is 11.8 Å². The van der Waals surface area contributed by atoms with Crippen LogP contribution in [0.4, 0.5) is 5.82 Å². The lowest BCUT2D eigenvalue weighted by Gasteiger charge is -2.28. The largest absolute Gasteiger partial charge is 0.357 e. The van der Waals surface area contributed by atoms with Crippen molar-refractivity contribution < 1.29 is 9.59 Å². The summed E-state index contributed by atoms with van der Waals surface area (Å²) < 4.78 is 0. The van der Waals surface area contributed by atoms with Gasteiger partial charge in [0.05, 0.1) is 4.88 Å². The van der Waals surface area contributed by atoms with Crippen LogP contribution in [0.25, 0.3) is 10.2 Å². The zero-order valence-electron chi connectivity index (χ0n) is 18.2. The highest BCUT2D eigenvalue weighted by atomic mass is 32.1. The number of nitrogens with one attached hydrogen (secondary N) is 1. The Morgan fingerprint density at radius 1 is 1.09 bits per heavy atom. The van der Waals surface area contributed by atoms with E-state index in [1.165, 1.54) is 30.6 Å². The number of aromatic nitrogens is 2. The van der Waals surface area contributed by atoms with Crippen LogP contribution in [-0.4, -0.2) is 59.9 Å². The maximum absolute atomic E-state index is 13.3. The van der Waals surface area contributed by atoms with Gasteiger partial charge in [-0.2, -0.15) is 0 Å². The number of hydrogen-bond donors (Lipinski definition) is 1. The molecule has 2 aliphatic heterocycles. The average molecular weight is 450 g/mol. The van der Waals surface area contributed by atoms with Crippen molar-refractivity contribution in [1.82, 2.24) is 20.2 Å². The first-order valence-electron chi connectivity index (χ1n) is 11.3. The molecule has 0 bridgehead atoms. The fraction of sp³-hybridized carbons (Fsp3) is 0.417. The summed E-state index contributed by atoms with van der Waals surface area (Å²) in [6.07, 6.45) is 7.93. The number of nitrogens with zero attached hydrogens (tertiary/aromatic N) is 4. The molecule has 0 aromatic carbocycles. The summed E-state index contributed by atoms with van der Waals surface area (Å²) in [6, 6.07) is 7.67. The van der Waals surface area contributed by atoms with Crippen LogP contribution in [0, 0.1) is 0 Å². The van der Waals surface area contributed by atoms with Crippen LogP contribution in [0.1, 0.15) is 57.2 Å². The number of likely N-dealkylation sites (tertiary alicyclic amines) is 1. The summed E-state index contributed by atoms with van der Waals surface area (Å²) in [5.74, 6) is 0.955. The number of amides is 2. The molecule has 8 heteroatoms. The smallest absolute Gasteiger partial charge is 0.261 e. The minimum absolute atomic E-state index is 0.0345. The zero-order chi connectivity index (χ0) is 22.1. The average Bonchev–Trinajstić information content (AvgIpc) is 3.48. The molecule has 2 amide bonds. The molecule has 3 aromatic rings. The Morgan fingerprint density at radius 3 is 2.75 bits per heavy atom. The van der Waals surface area contributed by atoms with Gasteiger partial charge in [0, 0.05) is 62.5 Å². The van der Waals surface area contributed by atoms with Crippen LogP contribution in [0.2, 0.25) is 0 Å². The van der Waals surface area contributed by atoms with Crippen molar-refractivity contribution in [2.24, 2.45) is 0 Å². The van der Waals surface area contributed by atoms with Gasteiger partial charge in [0.15, 0.2) is 0 Å². The van der Waals surface area contributed by atoms with E-state index in [1.807, 2.05) is 29.2 Å². The second-order valence-corrected chi connectivity index (χ2v) is 9.47. The van der Waals surface area contributed by atoms with Crippen LogP contribution >= 0.6 is 11.3 Å². The molecular weight excluding hydrogens is 422 g/mol. The third-order valence-electron chi connectivity index (χ3n) is 6.49. The third kappa shape index (κ3) is 3.83. The molecule has 2 fully saturated rings. The summed E-state index contributed by atoms with van der Waals surface area (Å²) in [6.45, 7) is 3.27. The maximum atomic E-state index is 13.3. The lowest BCUT2D eigenvalue weighted by molar-refractivity contribution is 0.0790.